The van der Waals surface area contributed by atoms with E-state index in [0.29, 0.717) is 10.9 Å². The third-order valence-corrected chi connectivity index (χ3v) is 3.77. The molecule has 1 fully saturated rings. The van der Waals surface area contributed by atoms with Crippen LogP contribution >= 0.6 is 11.8 Å². The van der Waals surface area contributed by atoms with Crippen LogP contribution in [0.5, 0.6) is 0 Å². The monoisotopic (exact) mass is 305 g/mol. The predicted octanol–water partition coefficient (Wildman–Crippen LogP) is 2.36. The first-order valence-corrected chi connectivity index (χ1v) is 7.23. The molecule has 0 bridgehead atoms. The standard InChI is InChI=1S/C14H15N3O3S/c1-9(2)15-16-14-17(10-6-4-3-5-7-10)13(20)11(21-14)8-12(18)19/h3-7,11H,8H2,1-2H3,(H,18,19). The Hall–Kier alpha value is -2.15. The number of anilines is 1. The van der Waals surface area contributed by atoms with E-state index in [9.17, 15) is 9.59 Å². The van der Waals surface area contributed by atoms with Crippen molar-refractivity contribution < 1.29 is 14.7 Å². The Kier molecular flexibility index (Phi) is 4.74. The lowest BCUT2D eigenvalue weighted by Gasteiger charge is -2.15. The Labute approximate surface area is 126 Å². The number of hydrogen-bond donors (Lipinski definition) is 1. The first-order valence-electron chi connectivity index (χ1n) is 6.35. The highest BCUT2D eigenvalue weighted by molar-refractivity contribution is 8.16. The van der Waals surface area contributed by atoms with Gasteiger partial charge in [0, 0.05) is 5.71 Å². The van der Waals surface area contributed by atoms with E-state index in [1.54, 1.807) is 26.0 Å². The van der Waals surface area contributed by atoms with E-state index in [1.165, 1.54) is 4.90 Å². The third-order valence-electron chi connectivity index (χ3n) is 2.64. The summed E-state index contributed by atoms with van der Waals surface area (Å²) in [4.78, 5) is 24.7. The quantitative estimate of drug-likeness (QED) is 0.684. The number of carbonyl (C=O) groups is 2. The molecule has 0 spiro atoms. The normalized spacial score (nSPS) is 19.9. The smallest absolute Gasteiger partial charge is 0.305 e. The van der Waals surface area contributed by atoms with E-state index in [4.69, 9.17) is 5.11 Å². The lowest BCUT2D eigenvalue weighted by atomic mass is 10.2. The van der Waals surface area contributed by atoms with Crippen molar-refractivity contribution in [3.05, 3.63) is 30.3 Å². The van der Waals surface area contributed by atoms with Gasteiger partial charge >= 0.3 is 5.97 Å². The number of carboxylic acid groups (broad SMARTS) is 1. The summed E-state index contributed by atoms with van der Waals surface area (Å²) in [6.07, 6.45) is -0.235. The van der Waals surface area contributed by atoms with Gasteiger partial charge in [-0.25, -0.2) is 0 Å². The molecule has 1 N–H and O–H groups in total. The fraction of sp³-hybridized carbons (Fsp3) is 0.286. The third kappa shape index (κ3) is 3.69. The Bertz CT molecular complexity index is 609. The Balaban J connectivity index is 2.37. The van der Waals surface area contributed by atoms with Crippen molar-refractivity contribution in [1.29, 1.82) is 0 Å². The van der Waals surface area contributed by atoms with Gasteiger partial charge in [-0.3, -0.25) is 14.5 Å². The second kappa shape index (κ2) is 6.53. The Morgan fingerprint density at radius 3 is 2.57 bits per heavy atom. The molecule has 2 rings (SSSR count). The molecule has 1 saturated heterocycles. The molecule has 0 aromatic heterocycles. The van der Waals surface area contributed by atoms with Crippen LogP contribution in [0.4, 0.5) is 5.69 Å². The van der Waals surface area contributed by atoms with Gasteiger partial charge in [0.25, 0.3) is 0 Å². The number of para-hydroxylation sites is 1. The van der Waals surface area contributed by atoms with Crippen LogP contribution in [0, 0.1) is 0 Å². The number of thioether (sulfide) groups is 1. The number of amides is 1. The molecule has 21 heavy (non-hydrogen) atoms. The van der Waals surface area contributed by atoms with Gasteiger partial charge in [-0.1, -0.05) is 30.0 Å². The zero-order chi connectivity index (χ0) is 15.4. The lowest BCUT2D eigenvalue weighted by Crippen LogP contribution is -2.32. The molecule has 1 atom stereocenters. The molecule has 7 heteroatoms. The van der Waals surface area contributed by atoms with Crippen molar-refractivity contribution >= 4 is 40.2 Å². The number of carboxylic acids is 1. The van der Waals surface area contributed by atoms with E-state index >= 15 is 0 Å². The largest absolute Gasteiger partial charge is 0.481 e. The van der Waals surface area contributed by atoms with E-state index < -0.39 is 11.2 Å². The molecule has 1 aromatic carbocycles. The number of rotatable bonds is 4. The number of hydrogen-bond acceptors (Lipinski definition) is 5. The van der Waals surface area contributed by atoms with Gasteiger partial charge in [-0.2, -0.15) is 5.10 Å². The maximum absolute atomic E-state index is 12.4. The van der Waals surface area contributed by atoms with Gasteiger partial charge in [0.2, 0.25) is 5.91 Å². The number of carbonyl (C=O) groups excluding carboxylic acids is 1. The fourth-order valence-electron chi connectivity index (χ4n) is 1.78. The number of nitrogens with zero attached hydrogens (tertiary/aromatic N) is 3. The minimum Gasteiger partial charge on any atom is -0.481 e. The predicted molar refractivity (Wildman–Crippen MR) is 83.8 cm³/mol. The summed E-state index contributed by atoms with van der Waals surface area (Å²) < 4.78 is 0. The maximum atomic E-state index is 12.4. The van der Waals surface area contributed by atoms with Gasteiger partial charge in [0.1, 0.15) is 5.25 Å². The minimum atomic E-state index is -1.01. The van der Waals surface area contributed by atoms with Crippen molar-refractivity contribution in [3.63, 3.8) is 0 Å². The highest BCUT2D eigenvalue weighted by Gasteiger charge is 2.40. The van der Waals surface area contributed by atoms with E-state index in [1.807, 2.05) is 18.2 Å². The minimum absolute atomic E-state index is 0.235. The Morgan fingerprint density at radius 1 is 1.33 bits per heavy atom. The topological polar surface area (TPSA) is 82.3 Å². The van der Waals surface area contributed by atoms with Gasteiger partial charge in [-0.05, 0) is 26.0 Å². The molecule has 1 aliphatic rings. The van der Waals surface area contributed by atoms with Gasteiger partial charge in [0.05, 0.1) is 12.1 Å². The van der Waals surface area contributed by atoms with Crippen LogP contribution in [0.15, 0.2) is 40.5 Å². The van der Waals surface area contributed by atoms with Gasteiger partial charge < -0.3 is 5.11 Å². The number of amidine groups is 1. The van der Waals surface area contributed by atoms with E-state index in [0.717, 1.165) is 17.5 Å². The summed E-state index contributed by atoms with van der Waals surface area (Å²) in [5.41, 5.74) is 1.41. The van der Waals surface area contributed by atoms with Crippen LogP contribution in [0.1, 0.15) is 20.3 Å². The van der Waals surface area contributed by atoms with E-state index in [2.05, 4.69) is 10.2 Å². The van der Waals surface area contributed by atoms with Crippen LogP contribution < -0.4 is 4.90 Å². The summed E-state index contributed by atoms with van der Waals surface area (Å²) in [7, 11) is 0. The molecule has 1 unspecified atom stereocenters. The molecule has 0 saturated carbocycles. The second-order valence-corrected chi connectivity index (χ2v) is 5.81. The highest BCUT2D eigenvalue weighted by Crippen LogP contribution is 2.33. The zero-order valence-electron chi connectivity index (χ0n) is 11.7. The van der Waals surface area contributed by atoms with Crippen molar-refractivity contribution in [2.45, 2.75) is 25.5 Å². The summed E-state index contributed by atoms with van der Waals surface area (Å²) >= 11 is 1.13. The molecule has 1 aromatic rings. The molecular weight excluding hydrogens is 290 g/mol. The van der Waals surface area contributed by atoms with Crippen LogP contribution in [0.3, 0.4) is 0 Å². The van der Waals surface area contributed by atoms with Crippen molar-refractivity contribution in [3.8, 4) is 0 Å². The summed E-state index contributed by atoms with van der Waals surface area (Å²) in [5, 5.41) is 16.7. The fourth-order valence-corrected chi connectivity index (χ4v) is 2.86. The highest BCUT2D eigenvalue weighted by atomic mass is 32.2. The van der Waals surface area contributed by atoms with Crippen molar-refractivity contribution in [1.82, 2.24) is 0 Å². The van der Waals surface area contributed by atoms with Crippen LogP contribution in [0.2, 0.25) is 0 Å². The molecule has 1 aliphatic heterocycles. The van der Waals surface area contributed by atoms with Crippen LogP contribution in [-0.2, 0) is 9.59 Å². The van der Waals surface area contributed by atoms with Crippen LogP contribution in [-0.4, -0.2) is 33.1 Å². The molecule has 1 heterocycles. The van der Waals surface area contributed by atoms with Crippen molar-refractivity contribution in [2.24, 2.45) is 10.2 Å². The van der Waals surface area contributed by atoms with Crippen LogP contribution in [0.25, 0.3) is 0 Å². The molecular formula is C14H15N3O3S. The first-order chi connectivity index (χ1) is 9.99. The molecule has 6 nitrogen and oxygen atoms in total. The molecule has 0 aliphatic carbocycles. The van der Waals surface area contributed by atoms with Gasteiger partial charge in [0.15, 0.2) is 5.17 Å². The number of aliphatic carboxylic acids is 1. The molecule has 110 valence electrons. The summed E-state index contributed by atoms with van der Waals surface area (Å²) in [6.45, 7) is 3.60. The Morgan fingerprint density at radius 2 is 2.00 bits per heavy atom. The second-order valence-electron chi connectivity index (χ2n) is 4.64. The van der Waals surface area contributed by atoms with Crippen molar-refractivity contribution in [2.75, 3.05) is 4.90 Å². The first kappa shape index (κ1) is 15.2. The zero-order valence-corrected chi connectivity index (χ0v) is 12.5. The SMILES string of the molecule is CC(C)=NN=C1SC(CC(=O)O)C(=O)N1c1ccccc1. The van der Waals surface area contributed by atoms with E-state index in [-0.39, 0.29) is 12.3 Å². The van der Waals surface area contributed by atoms with Gasteiger partial charge in [-0.15, -0.1) is 5.10 Å². The molecule has 1 amide bonds. The maximum Gasteiger partial charge on any atom is 0.305 e. The summed E-state index contributed by atoms with van der Waals surface area (Å²) in [6, 6.07) is 9.02. The average Bonchev–Trinajstić information content (AvgIpc) is 2.73. The number of benzene rings is 1. The molecule has 0 radical (unpaired) electrons. The lowest BCUT2D eigenvalue weighted by molar-refractivity contribution is -0.138. The summed E-state index contributed by atoms with van der Waals surface area (Å²) in [5.74, 6) is -1.29. The average molecular weight is 305 g/mol.